The molecule has 0 spiro atoms. The lowest BCUT2D eigenvalue weighted by Gasteiger charge is -2.34. The molecule has 2 aromatic heterocycles. The molecule has 0 aromatic carbocycles. The van der Waals surface area contributed by atoms with Crippen molar-refractivity contribution in [3.05, 3.63) is 12.7 Å². The van der Waals surface area contributed by atoms with Crippen LogP contribution in [0.1, 0.15) is 26.2 Å². The van der Waals surface area contributed by atoms with Crippen molar-refractivity contribution in [1.82, 2.24) is 24.8 Å². The molecule has 0 aliphatic carbocycles. The highest BCUT2D eigenvalue weighted by atomic mass is 16.6. The average Bonchev–Trinajstić information content (AvgIpc) is 3.28. The molecule has 13 heteroatoms. The van der Waals surface area contributed by atoms with Crippen molar-refractivity contribution in [3.63, 3.8) is 0 Å². The molecule has 0 unspecified atom stereocenters. The number of nitrogens with zero attached hydrogens (tertiary/aromatic N) is 4. The number of nitrogens with one attached hydrogen (secondary N) is 1. The fourth-order valence-corrected chi connectivity index (χ4v) is 3.72. The number of carbonyl (C=O) groups is 2. The number of nitrogen functional groups attached to an aromatic ring is 1. The fraction of sp³-hybridized carbons (Fsp3) is 0.611. The summed E-state index contributed by atoms with van der Waals surface area (Å²) in [5, 5.41) is 33.5. The van der Waals surface area contributed by atoms with E-state index in [0.29, 0.717) is 19.4 Å². The quantitative estimate of drug-likeness (QED) is 0.223. The Hall–Kier alpha value is -2.71. The summed E-state index contributed by atoms with van der Waals surface area (Å²) >= 11 is 0. The van der Waals surface area contributed by atoms with Gasteiger partial charge in [-0.2, -0.15) is 0 Å². The number of ketones is 1. The first-order valence-corrected chi connectivity index (χ1v) is 9.87. The number of fused-ring (bicyclic) bond motifs is 1. The van der Waals surface area contributed by atoms with E-state index in [9.17, 15) is 24.9 Å². The monoisotopic (exact) mass is 437 g/mol. The molecule has 0 saturated carbocycles. The number of unbranched alkanes of at least 4 members (excludes halogenated alkanes) is 1. The minimum atomic E-state index is -2.17. The Morgan fingerprint density at radius 2 is 2.06 bits per heavy atom. The summed E-state index contributed by atoms with van der Waals surface area (Å²) in [6.07, 6.45) is -0.831. The van der Waals surface area contributed by atoms with Crippen molar-refractivity contribution in [2.75, 3.05) is 18.9 Å². The molecule has 3 heterocycles. The first-order chi connectivity index (χ1) is 14.7. The Labute approximate surface area is 177 Å². The topological polar surface area (TPSA) is 212 Å². The van der Waals surface area contributed by atoms with Crippen LogP contribution in [0.3, 0.4) is 0 Å². The van der Waals surface area contributed by atoms with Crippen molar-refractivity contribution in [1.29, 1.82) is 0 Å². The highest BCUT2D eigenvalue weighted by Gasteiger charge is 2.61. The SMILES string of the molecule is CC(=O)NCCCC[C@H](N)C(=O)[C@@]1(n2cnc3c(N)ncnc32)O[C@H](CO)[C@@H](O)[C@H]1O. The van der Waals surface area contributed by atoms with Crippen molar-refractivity contribution in [2.45, 2.75) is 56.3 Å². The zero-order valence-corrected chi connectivity index (χ0v) is 17.0. The van der Waals surface area contributed by atoms with Crippen LogP contribution >= 0.6 is 0 Å². The number of ether oxygens (including phenoxy) is 1. The lowest BCUT2D eigenvalue weighted by Crippen LogP contribution is -2.57. The summed E-state index contributed by atoms with van der Waals surface area (Å²) in [6.45, 7) is 1.21. The van der Waals surface area contributed by atoms with Crippen LogP contribution in [0.25, 0.3) is 11.2 Å². The van der Waals surface area contributed by atoms with Crippen molar-refractivity contribution < 1.29 is 29.6 Å². The third-order valence-corrected chi connectivity index (χ3v) is 5.34. The van der Waals surface area contributed by atoms with Crippen LogP contribution in [0.4, 0.5) is 5.82 Å². The predicted octanol–water partition coefficient (Wildman–Crippen LogP) is -2.62. The highest BCUT2D eigenvalue weighted by Crippen LogP contribution is 2.39. The van der Waals surface area contributed by atoms with Gasteiger partial charge in [-0.1, -0.05) is 0 Å². The number of hydrogen-bond acceptors (Lipinski definition) is 11. The number of carbonyl (C=O) groups excluding carboxylic acids is 2. The predicted molar refractivity (Wildman–Crippen MR) is 107 cm³/mol. The van der Waals surface area contributed by atoms with Gasteiger partial charge in [-0.05, 0) is 19.3 Å². The second-order valence-electron chi connectivity index (χ2n) is 7.47. The Balaban J connectivity index is 1.93. The first kappa shape index (κ1) is 23.0. The molecular formula is C18H27N7O6. The van der Waals surface area contributed by atoms with Crippen molar-refractivity contribution in [2.24, 2.45) is 5.73 Å². The maximum atomic E-state index is 13.5. The zero-order valence-electron chi connectivity index (χ0n) is 17.0. The summed E-state index contributed by atoms with van der Waals surface area (Å²) in [4.78, 5) is 36.5. The smallest absolute Gasteiger partial charge is 0.238 e. The van der Waals surface area contributed by atoms with E-state index in [-0.39, 0.29) is 29.3 Å². The van der Waals surface area contributed by atoms with Gasteiger partial charge in [0, 0.05) is 13.5 Å². The van der Waals surface area contributed by atoms with Crippen LogP contribution < -0.4 is 16.8 Å². The molecule has 170 valence electrons. The Morgan fingerprint density at radius 3 is 2.71 bits per heavy atom. The number of rotatable bonds is 9. The van der Waals surface area contributed by atoms with Crippen LogP contribution in [0.15, 0.2) is 12.7 Å². The van der Waals surface area contributed by atoms with Crippen LogP contribution in [-0.4, -0.2) is 84.0 Å². The molecule has 8 N–H and O–H groups in total. The second-order valence-corrected chi connectivity index (χ2v) is 7.47. The van der Waals surface area contributed by atoms with Gasteiger partial charge in [0.2, 0.25) is 17.4 Å². The number of nitrogens with two attached hydrogens (primary N) is 2. The molecule has 31 heavy (non-hydrogen) atoms. The lowest BCUT2D eigenvalue weighted by molar-refractivity contribution is -0.175. The number of Topliss-reactive ketones (excluding diaryl/α,β-unsaturated/α-hetero) is 1. The minimum absolute atomic E-state index is 0.0559. The molecule has 13 nitrogen and oxygen atoms in total. The van der Waals surface area contributed by atoms with E-state index >= 15 is 0 Å². The lowest BCUT2D eigenvalue weighted by atomic mass is 9.91. The number of aliphatic hydroxyl groups is 3. The van der Waals surface area contributed by atoms with Gasteiger partial charge in [-0.25, -0.2) is 15.0 Å². The van der Waals surface area contributed by atoms with Gasteiger partial charge in [0.25, 0.3) is 0 Å². The third-order valence-electron chi connectivity index (χ3n) is 5.34. The van der Waals surface area contributed by atoms with Crippen LogP contribution in [0.5, 0.6) is 0 Å². The van der Waals surface area contributed by atoms with Gasteiger partial charge in [0.15, 0.2) is 11.5 Å². The summed E-state index contributed by atoms with van der Waals surface area (Å²) in [5.41, 5.74) is 10.1. The molecule has 1 fully saturated rings. The van der Waals surface area contributed by atoms with E-state index < -0.39 is 42.5 Å². The number of amides is 1. The molecular weight excluding hydrogens is 410 g/mol. The van der Waals surface area contributed by atoms with E-state index in [4.69, 9.17) is 16.2 Å². The van der Waals surface area contributed by atoms with Crippen LogP contribution in [0, 0.1) is 0 Å². The van der Waals surface area contributed by atoms with Crippen LogP contribution in [0.2, 0.25) is 0 Å². The Kier molecular flexibility index (Phi) is 6.81. The minimum Gasteiger partial charge on any atom is -0.394 e. The molecule has 5 atom stereocenters. The second kappa shape index (κ2) is 9.20. The molecule has 0 bridgehead atoms. The van der Waals surface area contributed by atoms with Crippen molar-refractivity contribution >= 4 is 28.7 Å². The summed E-state index contributed by atoms with van der Waals surface area (Å²) in [7, 11) is 0. The summed E-state index contributed by atoms with van der Waals surface area (Å²) in [5.74, 6) is -0.814. The maximum absolute atomic E-state index is 13.5. The van der Waals surface area contributed by atoms with E-state index in [2.05, 4.69) is 20.3 Å². The van der Waals surface area contributed by atoms with Crippen LogP contribution in [-0.2, 0) is 20.1 Å². The third kappa shape index (κ3) is 4.09. The van der Waals surface area contributed by atoms with Gasteiger partial charge in [0.05, 0.1) is 12.6 Å². The number of aromatic nitrogens is 4. The van der Waals surface area contributed by atoms with E-state index in [1.807, 2.05) is 0 Å². The van der Waals surface area contributed by atoms with E-state index in [0.717, 1.165) is 6.33 Å². The van der Waals surface area contributed by atoms with Gasteiger partial charge in [-0.3, -0.25) is 14.2 Å². The Bertz CT molecular complexity index is 953. The molecule has 2 aromatic rings. The number of anilines is 1. The molecule has 1 saturated heterocycles. The average molecular weight is 437 g/mol. The molecule has 1 aliphatic rings. The van der Waals surface area contributed by atoms with Gasteiger partial charge in [-0.15, -0.1) is 0 Å². The molecule has 0 radical (unpaired) electrons. The number of aliphatic hydroxyl groups excluding tert-OH is 3. The molecule has 1 aliphatic heterocycles. The molecule has 3 rings (SSSR count). The first-order valence-electron chi connectivity index (χ1n) is 9.87. The highest BCUT2D eigenvalue weighted by molar-refractivity contribution is 5.93. The largest absolute Gasteiger partial charge is 0.394 e. The summed E-state index contributed by atoms with van der Waals surface area (Å²) in [6, 6.07) is -1.08. The van der Waals surface area contributed by atoms with Gasteiger partial charge in [0.1, 0.15) is 36.5 Å². The van der Waals surface area contributed by atoms with Crippen molar-refractivity contribution in [3.8, 4) is 0 Å². The van der Waals surface area contributed by atoms with E-state index in [1.165, 1.54) is 17.8 Å². The number of hydrogen-bond donors (Lipinski definition) is 6. The summed E-state index contributed by atoms with van der Waals surface area (Å²) < 4.78 is 6.91. The Morgan fingerprint density at radius 1 is 1.32 bits per heavy atom. The van der Waals surface area contributed by atoms with Gasteiger partial charge < -0.3 is 36.8 Å². The van der Waals surface area contributed by atoms with Gasteiger partial charge >= 0.3 is 0 Å². The molecule has 1 amide bonds. The fourth-order valence-electron chi connectivity index (χ4n) is 3.72. The number of imidazole rings is 1. The van der Waals surface area contributed by atoms with E-state index in [1.54, 1.807) is 0 Å². The maximum Gasteiger partial charge on any atom is 0.238 e. The zero-order chi connectivity index (χ0) is 22.8. The standard InChI is InChI=1S/C18H27N7O6/c1-9(27)21-5-3-2-4-10(19)14(29)18(15(30)13(28)11(6-26)31-18)25-8-24-12-16(20)22-7-23-17(12)25/h7-8,10-11,13,15,26,28,30H,2-6,19H2,1H3,(H,21,27)(H2,20,22,23)/t10-,11+,13+,15+,18+/m0/s1. The normalized spacial score (nSPS) is 26.8.